The van der Waals surface area contributed by atoms with Gasteiger partial charge in [-0.1, -0.05) is 18.2 Å². The third kappa shape index (κ3) is 3.46. The minimum Gasteiger partial charge on any atom is -0.464 e. The molecule has 0 fully saturated rings. The van der Waals surface area contributed by atoms with Crippen molar-refractivity contribution >= 4 is 17.8 Å². The third-order valence-electron chi connectivity index (χ3n) is 2.83. The van der Waals surface area contributed by atoms with Gasteiger partial charge in [0, 0.05) is 0 Å². The van der Waals surface area contributed by atoms with Crippen LogP contribution in [0.4, 0.5) is 0 Å². The van der Waals surface area contributed by atoms with Crippen LogP contribution in [0, 0.1) is 0 Å². The number of cyclic esters (lactones) is 1. The maximum atomic E-state index is 11.7. The highest BCUT2D eigenvalue weighted by Crippen LogP contribution is 2.17. The van der Waals surface area contributed by atoms with Gasteiger partial charge in [0.1, 0.15) is 0 Å². The molecular formula is C15H18NO5+. The molecule has 0 unspecified atom stereocenters. The number of aliphatic imine (C=N–C) groups is 1. The van der Waals surface area contributed by atoms with Gasteiger partial charge in [-0.2, -0.15) is 4.99 Å². The highest BCUT2D eigenvalue weighted by Gasteiger charge is 2.47. The number of aliphatic hydroxyl groups is 1. The normalized spacial score (nSPS) is 20.8. The van der Waals surface area contributed by atoms with Crippen molar-refractivity contribution in [2.24, 2.45) is 4.99 Å². The van der Waals surface area contributed by atoms with Crippen LogP contribution in [0.5, 0.6) is 0 Å². The van der Waals surface area contributed by atoms with E-state index in [9.17, 15) is 9.90 Å². The molecule has 1 aliphatic rings. The van der Waals surface area contributed by atoms with Crippen molar-refractivity contribution in [3.63, 3.8) is 0 Å². The van der Waals surface area contributed by atoms with Crippen molar-refractivity contribution < 1.29 is 23.8 Å². The van der Waals surface area contributed by atoms with Gasteiger partial charge < -0.3 is 14.3 Å². The van der Waals surface area contributed by atoms with Crippen molar-refractivity contribution in [2.45, 2.75) is 26.0 Å². The van der Waals surface area contributed by atoms with Crippen molar-refractivity contribution in [3.05, 3.63) is 35.9 Å². The smallest absolute Gasteiger partial charge is 0.464 e. The molecule has 2 atom stereocenters. The lowest BCUT2D eigenvalue weighted by Gasteiger charge is -2.08. The molecule has 0 radical (unpaired) electrons. The molecule has 0 aromatic heterocycles. The van der Waals surface area contributed by atoms with Crippen LogP contribution < -0.4 is 0 Å². The average molecular weight is 292 g/mol. The zero-order valence-corrected chi connectivity index (χ0v) is 12.0. The van der Waals surface area contributed by atoms with E-state index in [4.69, 9.17) is 13.9 Å². The van der Waals surface area contributed by atoms with Crippen LogP contribution in [-0.2, 0) is 18.7 Å². The van der Waals surface area contributed by atoms with E-state index in [-0.39, 0.29) is 12.6 Å². The fraction of sp³-hybridized carbons (Fsp3) is 0.400. The molecule has 0 aliphatic carbocycles. The van der Waals surface area contributed by atoms with Crippen LogP contribution in [0.3, 0.4) is 0 Å². The Morgan fingerprint density at radius 1 is 1.43 bits per heavy atom. The molecule has 0 saturated carbocycles. The van der Waals surface area contributed by atoms with Gasteiger partial charge in [-0.3, -0.25) is 4.74 Å². The molecule has 1 heterocycles. The van der Waals surface area contributed by atoms with E-state index >= 15 is 0 Å². The Hall–Kier alpha value is -2.21. The SMILES string of the molecule is CCOC(=O)[C@@H](O)[C@H]1N=C(c2ccccc2)OC1=[O+]CC. The maximum Gasteiger partial charge on any atom is 0.522 e. The number of benzene rings is 1. The largest absolute Gasteiger partial charge is 0.522 e. The van der Waals surface area contributed by atoms with Gasteiger partial charge in [-0.25, -0.2) is 4.79 Å². The summed E-state index contributed by atoms with van der Waals surface area (Å²) in [5.41, 5.74) is 0.744. The summed E-state index contributed by atoms with van der Waals surface area (Å²) in [5.74, 6) is -0.328. The van der Waals surface area contributed by atoms with Crippen molar-refractivity contribution in [3.8, 4) is 0 Å². The summed E-state index contributed by atoms with van der Waals surface area (Å²) < 4.78 is 15.7. The van der Waals surface area contributed by atoms with Gasteiger partial charge in [-0.15, -0.1) is 0 Å². The molecule has 0 bridgehead atoms. The summed E-state index contributed by atoms with van der Waals surface area (Å²) in [7, 11) is 0. The predicted octanol–water partition coefficient (Wildman–Crippen LogP) is 0.838. The number of carbonyl (C=O) groups excluding carboxylic acids is 2. The fourth-order valence-electron chi connectivity index (χ4n) is 1.89. The molecule has 1 aromatic carbocycles. The molecule has 1 N–H and O–H groups in total. The highest BCUT2D eigenvalue weighted by atomic mass is 16.6. The number of hydrogen-bond acceptors (Lipinski definition) is 5. The number of nitrogens with zero attached hydrogens (tertiary/aromatic N) is 1. The molecule has 0 spiro atoms. The van der Waals surface area contributed by atoms with Crippen LogP contribution in [0.15, 0.2) is 35.3 Å². The van der Waals surface area contributed by atoms with Crippen LogP contribution in [0.25, 0.3) is 0 Å². The fourth-order valence-corrected chi connectivity index (χ4v) is 1.89. The summed E-state index contributed by atoms with van der Waals surface area (Å²) in [6.07, 6.45) is -1.45. The van der Waals surface area contributed by atoms with Crippen molar-refractivity contribution in [1.29, 1.82) is 0 Å². The van der Waals surface area contributed by atoms with E-state index in [0.29, 0.717) is 12.5 Å². The average Bonchev–Trinajstić information content (AvgIpc) is 2.92. The molecule has 6 nitrogen and oxygen atoms in total. The Bertz CT molecular complexity index is 552. The summed E-state index contributed by atoms with van der Waals surface area (Å²) in [4.78, 5) is 15.9. The van der Waals surface area contributed by atoms with Crippen LogP contribution in [0.1, 0.15) is 19.4 Å². The zero-order chi connectivity index (χ0) is 15.2. The number of aliphatic hydroxyl groups excluding tert-OH is 1. The summed E-state index contributed by atoms with van der Waals surface area (Å²) in [6, 6.07) is 8.28. The molecule has 6 heteroatoms. The first kappa shape index (κ1) is 15.2. The van der Waals surface area contributed by atoms with Gasteiger partial charge in [0.05, 0.1) is 12.2 Å². The first-order valence-electron chi connectivity index (χ1n) is 6.82. The zero-order valence-electron chi connectivity index (χ0n) is 12.0. The van der Waals surface area contributed by atoms with E-state index < -0.39 is 18.1 Å². The molecule has 0 amide bonds. The van der Waals surface area contributed by atoms with Crippen molar-refractivity contribution in [2.75, 3.05) is 13.2 Å². The van der Waals surface area contributed by atoms with Crippen LogP contribution in [0.2, 0.25) is 0 Å². The number of hydrogen-bond donors (Lipinski definition) is 1. The summed E-state index contributed by atoms with van der Waals surface area (Å²) in [5, 5.41) is 10.0. The molecule has 1 aromatic rings. The number of esters is 2. The van der Waals surface area contributed by atoms with E-state index in [1.165, 1.54) is 0 Å². The maximum absolute atomic E-state index is 11.7. The van der Waals surface area contributed by atoms with E-state index in [2.05, 4.69) is 4.99 Å². The molecule has 0 saturated heterocycles. The lowest BCUT2D eigenvalue weighted by Crippen LogP contribution is -2.38. The number of carbonyl (C=O) groups is 1. The quantitative estimate of drug-likeness (QED) is 0.644. The van der Waals surface area contributed by atoms with Gasteiger partial charge >= 0.3 is 17.8 Å². The first-order chi connectivity index (χ1) is 10.2. The molecule has 2 rings (SSSR count). The molecule has 1 aliphatic heterocycles. The lowest BCUT2D eigenvalue weighted by molar-refractivity contribution is -0.462. The topological polar surface area (TPSA) is 79.4 Å². The monoisotopic (exact) mass is 292 g/mol. The first-order valence-corrected chi connectivity index (χ1v) is 6.82. The minimum atomic E-state index is -1.45. The second kappa shape index (κ2) is 6.99. The lowest BCUT2D eigenvalue weighted by atomic mass is 10.2. The third-order valence-corrected chi connectivity index (χ3v) is 2.83. The predicted molar refractivity (Wildman–Crippen MR) is 76.0 cm³/mol. The minimum absolute atomic E-state index is 0.108. The van der Waals surface area contributed by atoms with E-state index in [0.717, 1.165) is 5.56 Å². The Labute approximate surface area is 122 Å². The standard InChI is InChI=1S/C15H18NO5/c1-3-19-14(18)12(17)11-15(20-4-2)21-13(16-11)10-8-6-5-7-9-10/h5-9,11-12,17H,3-4H2,1-2H3/q+1/t11-,12+/m1/s1. The number of ether oxygens (including phenoxy) is 2. The Balaban J connectivity index is 2.26. The summed E-state index contributed by atoms with van der Waals surface area (Å²) >= 11 is 0. The molecule has 21 heavy (non-hydrogen) atoms. The van der Waals surface area contributed by atoms with Crippen LogP contribution in [-0.4, -0.2) is 48.3 Å². The van der Waals surface area contributed by atoms with Gasteiger partial charge in [0.2, 0.25) is 6.04 Å². The van der Waals surface area contributed by atoms with E-state index in [1.807, 2.05) is 30.3 Å². The highest BCUT2D eigenvalue weighted by molar-refractivity contribution is 6.07. The van der Waals surface area contributed by atoms with Gasteiger partial charge in [0.25, 0.3) is 0 Å². The van der Waals surface area contributed by atoms with Gasteiger partial charge in [-0.05, 0) is 26.0 Å². The van der Waals surface area contributed by atoms with E-state index in [1.54, 1.807) is 13.8 Å². The van der Waals surface area contributed by atoms with Crippen LogP contribution >= 0.6 is 0 Å². The Kier molecular flexibility index (Phi) is 5.05. The Morgan fingerprint density at radius 2 is 2.14 bits per heavy atom. The number of rotatable bonds is 5. The Morgan fingerprint density at radius 3 is 2.76 bits per heavy atom. The second-order valence-electron chi connectivity index (χ2n) is 4.30. The van der Waals surface area contributed by atoms with Crippen molar-refractivity contribution in [1.82, 2.24) is 0 Å². The molecular weight excluding hydrogens is 274 g/mol. The second-order valence-corrected chi connectivity index (χ2v) is 4.30. The molecule has 112 valence electrons. The van der Waals surface area contributed by atoms with Gasteiger partial charge in [0.15, 0.2) is 12.7 Å². The summed E-state index contributed by atoms with van der Waals surface area (Å²) in [6.45, 7) is 3.98.